The van der Waals surface area contributed by atoms with Crippen molar-refractivity contribution < 1.29 is 35.6 Å². The molecule has 63 heavy (non-hydrogen) atoms. The van der Waals surface area contributed by atoms with Gasteiger partial charge in [-0.3, -0.25) is 0 Å². The molecular weight excluding hydrogens is 781 g/mol. The molecule has 0 amide bonds. The number of para-hydroxylation sites is 3. The summed E-state index contributed by atoms with van der Waals surface area (Å²) in [4.78, 5) is 0. The number of fused-ring (bicyclic) bond motifs is 9. The topological polar surface area (TPSA) is 9.86 Å². The van der Waals surface area contributed by atoms with Crippen molar-refractivity contribution in [2.45, 2.75) is 0 Å². The SMILES string of the molecule is [2H]c1cc([2H])c(-c2cc(-c3c([2H])cc(-c4c([2H])c([2H])c([2H])c5sc6c(-n7c8c([2H])c([2H])c([2H])c([2H])c8c8c([2H])c(-c9c([2H])c([2H])c([2H])c%10c9c9cc([2H])c([2H])c([2H])c9n%10-c9ccccc9)c([2H])c([2H])c87)cc([2H])c([2H])c6c45)c([2H])c3[2H])c([2H])cc2[2H])cc1[2H]. The first kappa shape index (κ1) is 18.6. The molecule has 0 fully saturated rings. The van der Waals surface area contributed by atoms with Crippen molar-refractivity contribution in [1.82, 2.24) is 9.13 Å². The van der Waals surface area contributed by atoms with Crippen molar-refractivity contribution in [2.75, 3.05) is 0 Å². The van der Waals surface area contributed by atoms with Gasteiger partial charge in [0.05, 0.1) is 68.1 Å². The number of rotatable bonds is 6. The Morgan fingerprint density at radius 3 is 2.00 bits per heavy atom. The van der Waals surface area contributed by atoms with Gasteiger partial charge in [-0.2, -0.15) is 0 Å². The highest BCUT2D eigenvalue weighted by Gasteiger charge is 2.21. The van der Waals surface area contributed by atoms with Gasteiger partial charge in [-0.05, 0) is 105 Å². The zero-order valence-corrected chi connectivity index (χ0v) is 33.0. The van der Waals surface area contributed by atoms with E-state index in [0.717, 1.165) is 40.2 Å². The van der Waals surface area contributed by atoms with E-state index in [9.17, 15) is 20.6 Å². The van der Waals surface area contributed by atoms with Gasteiger partial charge in [-0.15, -0.1) is 11.3 Å². The maximum Gasteiger partial charge on any atom is 0.0645 e. The van der Waals surface area contributed by atoms with E-state index in [1.165, 1.54) is 22.8 Å². The summed E-state index contributed by atoms with van der Waals surface area (Å²) in [6.45, 7) is 0. The molecular formula is C60H38N2S. The highest BCUT2D eigenvalue weighted by Crippen LogP contribution is 2.46. The molecule has 0 atom stereocenters. The van der Waals surface area contributed by atoms with Crippen LogP contribution in [0.3, 0.4) is 0 Å². The summed E-state index contributed by atoms with van der Waals surface area (Å²) in [6, 6.07) is 1.59. The number of hydrogen-bond donors (Lipinski definition) is 0. The van der Waals surface area contributed by atoms with E-state index in [1.807, 2.05) is 0 Å². The standard InChI is InChI=1S/C60H38N2S/c1-3-15-39(16-4-1)42-17-11-18-43(37-42)40-31-33-41(34-32-40)46-24-14-30-57-59(46)50-25-13-29-56(60(50)63-57)62-52-26-9-7-21-48(52)51-38-44(35-36-54(51)62)47-23-12-28-55-58(47)49-22-8-10-27-53(49)61(55)45-19-5-2-6-20-45/h1-38H/i1D,3D,7D,8D,9D,10D,12D,13D,14D,16D,17D,18D,21D,23D,24D,25D,26D,27D,28D,30D,31D,32D,33D,35D,36D,38D. The summed E-state index contributed by atoms with van der Waals surface area (Å²) in [7, 11) is 0. The Morgan fingerprint density at radius 1 is 0.365 bits per heavy atom. The molecule has 0 unspecified atom stereocenters. The molecule has 3 heteroatoms. The van der Waals surface area contributed by atoms with Crippen LogP contribution in [0.4, 0.5) is 0 Å². The lowest BCUT2D eigenvalue weighted by molar-refractivity contribution is 1.18. The summed E-state index contributed by atoms with van der Waals surface area (Å²) >= 11 is 0.738. The summed E-state index contributed by atoms with van der Waals surface area (Å²) in [6.07, 6.45) is 0. The maximum atomic E-state index is 10.2. The monoisotopic (exact) mass is 844 g/mol. The predicted octanol–water partition coefficient (Wildman–Crippen LogP) is 16.9. The van der Waals surface area contributed by atoms with Crippen molar-refractivity contribution in [3.63, 3.8) is 0 Å². The van der Waals surface area contributed by atoms with E-state index in [4.69, 9.17) is 15.1 Å². The number of hydrogen-bond acceptors (Lipinski definition) is 1. The molecule has 0 saturated heterocycles. The van der Waals surface area contributed by atoms with Crippen molar-refractivity contribution in [3.8, 4) is 55.9 Å². The lowest BCUT2D eigenvalue weighted by Crippen LogP contribution is -1.94. The third-order valence-electron chi connectivity index (χ3n) is 11.0. The molecule has 10 aromatic carbocycles. The second-order valence-electron chi connectivity index (χ2n) is 14.4. The van der Waals surface area contributed by atoms with E-state index in [0.29, 0.717) is 5.69 Å². The van der Waals surface area contributed by atoms with Crippen LogP contribution in [0, 0.1) is 0 Å². The molecule has 0 radical (unpaired) electrons. The van der Waals surface area contributed by atoms with Gasteiger partial charge in [-0.25, -0.2) is 0 Å². The predicted molar refractivity (Wildman–Crippen MR) is 270 cm³/mol. The molecule has 0 saturated carbocycles. The Morgan fingerprint density at radius 2 is 1.08 bits per heavy atom. The van der Waals surface area contributed by atoms with Crippen LogP contribution in [-0.2, 0) is 0 Å². The molecule has 0 aliphatic carbocycles. The van der Waals surface area contributed by atoms with Gasteiger partial charge in [0.25, 0.3) is 0 Å². The number of benzene rings is 10. The van der Waals surface area contributed by atoms with Crippen LogP contribution in [0.25, 0.3) is 120 Å². The quantitative estimate of drug-likeness (QED) is 0.158. The zero-order valence-electron chi connectivity index (χ0n) is 58.2. The lowest BCUT2D eigenvalue weighted by atomic mass is 9.95. The lowest BCUT2D eigenvalue weighted by Gasteiger charge is -2.11. The highest BCUT2D eigenvalue weighted by molar-refractivity contribution is 7.26. The van der Waals surface area contributed by atoms with Crippen LogP contribution in [-0.4, -0.2) is 9.13 Å². The van der Waals surface area contributed by atoms with Crippen LogP contribution in [0.5, 0.6) is 0 Å². The summed E-state index contributed by atoms with van der Waals surface area (Å²) in [5, 5.41) is -1.23. The van der Waals surface area contributed by atoms with Gasteiger partial charge in [0, 0.05) is 42.7 Å². The third kappa shape index (κ3) is 5.64. The van der Waals surface area contributed by atoms with Crippen LogP contribution in [0.15, 0.2) is 230 Å². The normalized spacial score (nSPS) is 17.6. The Kier molecular flexibility index (Phi) is 4.21. The van der Waals surface area contributed by atoms with E-state index in [2.05, 4.69) is 0 Å². The van der Waals surface area contributed by atoms with E-state index in [1.54, 1.807) is 30.3 Å². The smallest absolute Gasteiger partial charge is 0.0645 e. The summed E-state index contributed by atoms with van der Waals surface area (Å²) < 4.78 is 241. The van der Waals surface area contributed by atoms with Crippen LogP contribution < -0.4 is 0 Å². The molecule has 0 spiro atoms. The first-order chi connectivity index (χ1) is 42.0. The third-order valence-corrected chi connectivity index (χ3v) is 12.1. The van der Waals surface area contributed by atoms with Gasteiger partial charge in [0.2, 0.25) is 0 Å². The Labute approximate surface area is 405 Å². The van der Waals surface area contributed by atoms with Crippen LogP contribution in [0.1, 0.15) is 35.6 Å². The second-order valence-corrected chi connectivity index (χ2v) is 15.4. The molecule has 3 heterocycles. The average molecular weight is 845 g/mol. The number of nitrogens with zero attached hydrogens (tertiary/aromatic N) is 2. The fourth-order valence-electron chi connectivity index (χ4n) is 8.24. The largest absolute Gasteiger partial charge is 0.309 e. The number of aromatic nitrogens is 2. The average Bonchev–Trinajstić information content (AvgIpc) is 1.57. The van der Waals surface area contributed by atoms with Crippen LogP contribution >= 0.6 is 11.3 Å². The Balaban J connectivity index is 1.13. The molecule has 0 aliphatic heterocycles. The fraction of sp³-hybridized carbons (Fsp3) is 0. The molecule has 3 aromatic heterocycles. The summed E-state index contributed by atoms with van der Waals surface area (Å²) in [5.74, 6) is 0. The first-order valence-corrected chi connectivity index (χ1v) is 20.3. The van der Waals surface area contributed by atoms with Gasteiger partial charge in [-0.1, -0.05) is 169 Å². The van der Waals surface area contributed by atoms with Crippen LogP contribution in [0.2, 0.25) is 0 Å². The first-order valence-electron chi connectivity index (χ1n) is 32.5. The van der Waals surface area contributed by atoms with Gasteiger partial charge in [0.15, 0.2) is 0 Å². The molecule has 2 nitrogen and oxygen atoms in total. The highest BCUT2D eigenvalue weighted by atomic mass is 32.1. The molecule has 294 valence electrons. The van der Waals surface area contributed by atoms with Gasteiger partial charge >= 0.3 is 0 Å². The number of thiophene rings is 1. The van der Waals surface area contributed by atoms with E-state index in [-0.39, 0.29) is 122 Å². The molecule has 13 rings (SSSR count). The molecule has 0 N–H and O–H groups in total. The maximum absolute atomic E-state index is 10.2. The molecule has 0 aliphatic rings. The molecule has 13 aromatic rings. The minimum Gasteiger partial charge on any atom is -0.309 e. The van der Waals surface area contributed by atoms with Gasteiger partial charge in [0.1, 0.15) is 0 Å². The van der Waals surface area contributed by atoms with Gasteiger partial charge < -0.3 is 9.13 Å². The van der Waals surface area contributed by atoms with Crippen molar-refractivity contribution in [1.29, 1.82) is 0 Å². The molecule has 0 bridgehead atoms. The van der Waals surface area contributed by atoms with Crippen molar-refractivity contribution in [2.24, 2.45) is 0 Å². The second kappa shape index (κ2) is 14.3. The van der Waals surface area contributed by atoms with Crippen molar-refractivity contribution >= 4 is 75.1 Å². The summed E-state index contributed by atoms with van der Waals surface area (Å²) in [5.41, 5.74) is -2.66. The van der Waals surface area contributed by atoms with E-state index < -0.39 is 149 Å². The Bertz CT molecular complexity index is 5460. The zero-order chi connectivity index (χ0) is 64.1. The minimum atomic E-state index is -0.799. The minimum absolute atomic E-state index is 0.0133. The van der Waals surface area contributed by atoms with Crippen molar-refractivity contribution in [3.05, 3.63) is 230 Å². The Hall–Kier alpha value is -7.98. The fourth-order valence-corrected chi connectivity index (χ4v) is 9.36. The van der Waals surface area contributed by atoms with E-state index >= 15 is 0 Å².